The molecular weight excluding hydrogens is 362 g/mol. The highest BCUT2D eigenvalue weighted by atomic mass is 16.7. The molecule has 4 rings (SSSR count). The van der Waals surface area contributed by atoms with Crippen LogP contribution in [0.2, 0.25) is 0 Å². The molecule has 0 saturated heterocycles. The molecule has 0 bridgehead atoms. The second-order valence-corrected chi connectivity index (χ2v) is 6.03. The summed E-state index contributed by atoms with van der Waals surface area (Å²) in [6, 6.07) is 12.7. The molecule has 3 N–H and O–H groups in total. The smallest absolute Gasteiger partial charge is 0.275 e. The van der Waals surface area contributed by atoms with Crippen LogP contribution in [-0.2, 0) is 6.54 Å². The zero-order chi connectivity index (χ0) is 19.5. The Morgan fingerprint density at radius 2 is 2.00 bits per heavy atom. The maximum atomic E-state index is 12.5. The number of nitrogens with two attached hydrogens (primary N) is 1. The van der Waals surface area contributed by atoms with E-state index >= 15 is 0 Å². The summed E-state index contributed by atoms with van der Waals surface area (Å²) in [6.07, 6.45) is 0. The van der Waals surface area contributed by atoms with E-state index in [1.165, 1.54) is 4.68 Å². The SMILES string of the molecule is CCOc1ccc(-n2nnc(C(=O)NCc3ccc4c(c3)OCO4)c2N)cc1. The van der Waals surface area contributed by atoms with E-state index in [1.807, 2.05) is 19.1 Å². The summed E-state index contributed by atoms with van der Waals surface area (Å²) in [6.45, 7) is 3.00. The number of rotatable bonds is 6. The predicted molar refractivity (Wildman–Crippen MR) is 101 cm³/mol. The molecule has 0 saturated carbocycles. The number of carbonyl (C=O) groups is 1. The van der Waals surface area contributed by atoms with E-state index in [1.54, 1.807) is 30.3 Å². The molecule has 2 aromatic carbocycles. The molecule has 9 heteroatoms. The second kappa shape index (κ2) is 7.47. The van der Waals surface area contributed by atoms with Crippen molar-refractivity contribution in [3.8, 4) is 22.9 Å². The summed E-state index contributed by atoms with van der Waals surface area (Å²) < 4.78 is 17.4. The fourth-order valence-electron chi connectivity index (χ4n) is 2.81. The molecule has 1 aliphatic heterocycles. The number of nitrogens with zero attached hydrogens (tertiary/aromatic N) is 3. The third-order valence-electron chi connectivity index (χ3n) is 4.20. The minimum atomic E-state index is -0.410. The third-order valence-corrected chi connectivity index (χ3v) is 4.20. The molecule has 2 heterocycles. The van der Waals surface area contributed by atoms with Gasteiger partial charge in [-0.2, -0.15) is 4.68 Å². The number of aromatic nitrogens is 3. The highest BCUT2D eigenvalue weighted by Crippen LogP contribution is 2.32. The molecule has 9 nitrogen and oxygen atoms in total. The van der Waals surface area contributed by atoms with E-state index < -0.39 is 5.91 Å². The number of nitrogen functional groups attached to an aromatic ring is 1. The summed E-state index contributed by atoms with van der Waals surface area (Å²) >= 11 is 0. The molecule has 0 atom stereocenters. The van der Waals surface area contributed by atoms with Crippen molar-refractivity contribution in [2.45, 2.75) is 13.5 Å². The maximum absolute atomic E-state index is 12.5. The molecule has 0 unspecified atom stereocenters. The number of carbonyl (C=O) groups excluding carboxylic acids is 1. The van der Waals surface area contributed by atoms with Gasteiger partial charge in [-0.15, -0.1) is 5.10 Å². The van der Waals surface area contributed by atoms with Gasteiger partial charge in [0.15, 0.2) is 23.0 Å². The Labute approximate surface area is 161 Å². The minimum absolute atomic E-state index is 0.0645. The Bertz CT molecular complexity index is 1000. The van der Waals surface area contributed by atoms with E-state index in [2.05, 4.69) is 15.6 Å². The van der Waals surface area contributed by atoms with Crippen LogP contribution in [-0.4, -0.2) is 34.3 Å². The van der Waals surface area contributed by atoms with Gasteiger partial charge < -0.3 is 25.3 Å². The fourth-order valence-corrected chi connectivity index (χ4v) is 2.81. The van der Waals surface area contributed by atoms with Gasteiger partial charge in [0.05, 0.1) is 12.3 Å². The summed E-state index contributed by atoms with van der Waals surface area (Å²) in [5.74, 6) is 1.84. The van der Waals surface area contributed by atoms with E-state index in [0.29, 0.717) is 30.3 Å². The third kappa shape index (κ3) is 3.41. The molecule has 144 valence electrons. The van der Waals surface area contributed by atoms with Gasteiger partial charge in [0, 0.05) is 6.54 Å². The van der Waals surface area contributed by atoms with Crippen LogP contribution in [0.25, 0.3) is 5.69 Å². The molecule has 0 fully saturated rings. The van der Waals surface area contributed by atoms with E-state index in [4.69, 9.17) is 19.9 Å². The van der Waals surface area contributed by atoms with Gasteiger partial charge in [0.25, 0.3) is 5.91 Å². The zero-order valence-corrected chi connectivity index (χ0v) is 15.2. The van der Waals surface area contributed by atoms with Crippen molar-refractivity contribution in [2.24, 2.45) is 0 Å². The van der Waals surface area contributed by atoms with E-state index in [-0.39, 0.29) is 18.3 Å². The maximum Gasteiger partial charge on any atom is 0.275 e. The van der Waals surface area contributed by atoms with Crippen molar-refractivity contribution >= 4 is 11.7 Å². The van der Waals surface area contributed by atoms with Gasteiger partial charge in [-0.25, -0.2) is 0 Å². The largest absolute Gasteiger partial charge is 0.494 e. The van der Waals surface area contributed by atoms with Gasteiger partial charge in [-0.3, -0.25) is 4.79 Å². The van der Waals surface area contributed by atoms with Crippen LogP contribution in [0.4, 0.5) is 5.82 Å². The van der Waals surface area contributed by atoms with E-state index in [9.17, 15) is 4.79 Å². The Morgan fingerprint density at radius 3 is 2.79 bits per heavy atom. The highest BCUT2D eigenvalue weighted by molar-refractivity contribution is 5.96. The second-order valence-electron chi connectivity index (χ2n) is 6.03. The monoisotopic (exact) mass is 381 g/mol. The highest BCUT2D eigenvalue weighted by Gasteiger charge is 2.19. The van der Waals surface area contributed by atoms with Crippen LogP contribution in [0.15, 0.2) is 42.5 Å². The van der Waals surface area contributed by atoms with Crippen molar-refractivity contribution in [2.75, 3.05) is 19.1 Å². The Balaban J connectivity index is 1.45. The summed E-state index contributed by atoms with van der Waals surface area (Å²) in [4.78, 5) is 12.5. The minimum Gasteiger partial charge on any atom is -0.494 e. The number of amides is 1. The zero-order valence-electron chi connectivity index (χ0n) is 15.2. The topological polar surface area (TPSA) is 114 Å². The first-order valence-electron chi connectivity index (χ1n) is 8.77. The van der Waals surface area contributed by atoms with Gasteiger partial charge >= 0.3 is 0 Å². The van der Waals surface area contributed by atoms with Crippen LogP contribution >= 0.6 is 0 Å². The van der Waals surface area contributed by atoms with Gasteiger partial charge in [0.1, 0.15) is 5.75 Å². The standard InChI is InChI=1S/C19H19N5O4/c1-2-26-14-6-4-13(5-7-14)24-18(20)17(22-23-24)19(25)21-10-12-3-8-15-16(9-12)28-11-27-15/h3-9H,2,10-11,20H2,1H3,(H,21,25). The van der Waals surface area contributed by atoms with Gasteiger partial charge in [-0.1, -0.05) is 11.3 Å². The van der Waals surface area contributed by atoms with Crippen LogP contribution in [0.1, 0.15) is 23.0 Å². The van der Waals surface area contributed by atoms with Crippen molar-refractivity contribution in [3.05, 3.63) is 53.7 Å². The molecule has 1 aromatic heterocycles. The number of hydrogen-bond acceptors (Lipinski definition) is 7. The molecule has 0 spiro atoms. The number of ether oxygens (including phenoxy) is 3. The Hall–Kier alpha value is -3.75. The number of hydrogen-bond donors (Lipinski definition) is 2. The van der Waals surface area contributed by atoms with Crippen molar-refractivity contribution in [1.29, 1.82) is 0 Å². The Morgan fingerprint density at radius 1 is 1.21 bits per heavy atom. The van der Waals surface area contributed by atoms with Crippen LogP contribution < -0.4 is 25.3 Å². The Kier molecular flexibility index (Phi) is 4.71. The lowest BCUT2D eigenvalue weighted by Gasteiger charge is -2.07. The van der Waals surface area contributed by atoms with E-state index in [0.717, 1.165) is 11.3 Å². The fraction of sp³-hybridized carbons (Fsp3) is 0.211. The number of fused-ring (bicyclic) bond motifs is 1. The first-order valence-corrected chi connectivity index (χ1v) is 8.77. The van der Waals surface area contributed by atoms with Crippen LogP contribution in [0.3, 0.4) is 0 Å². The lowest BCUT2D eigenvalue weighted by Crippen LogP contribution is -2.24. The first-order chi connectivity index (χ1) is 13.7. The summed E-state index contributed by atoms with van der Waals surface area (Å²) in [5, 5.41) is 10.7. The van der Waals surface area contributed by atoms with Gasteiger partial charge in [-0.05, 0) is 48.9 Å². The van der Waals surface area contributed by atoms with Crippen LogP contribution in [0, 0.1) is 0 Å². The first kappa shape index (κ1) is 17.7. The number of nitrogens with one attached hydrogen (secondary N) is 1. The summed E-state index contributed by atoms with van der Waals surface area (Å²) in [5.41, 5.74) is 7.70. The average Bonchev–Trinajstić information content (AvgIpc) is 3.33. The number of benzene rings is 2. The molecule has 28 heavy (non-hydrogen) atoms. The molecule has 1 aliphatic rings. The van der Waals surface area contributed by atoms with Crippen molar-refractivity contribution in [1.82, 2.24) is 20.3 Å². The lowest BCUT2D eigenvalue weighted by molar-refractivity contribution is 0.0946. The normalized spacial score (nSPS) is 12.0. The van der Waals surface area contributed by atoms with Crippen molar-refractivity contribution < 1.29 is 19.0 Å². The molecule has 0 radical (unpaired) electrons. The average molecular weight is 381 g/mol. The molecule has 1 amide bonds. The predicted octanol–water partition coefficient (Wildman–Crippen LogP) is 1.91. The summed E-state index contributed by atoms with van der Waals surface area (Å²) in [7, 11) is 0. The van der Waals surface area contributed by atoms with Crippen molar-refractivity contribution in [3.63, 3.8) is 0 Å². The lowest BCUT2D eigenvalue weighted by atomic mass is 10.2. The quantitative estimate of drug-likeness (QED) is 0.670. The molecule has 3 aromatic rings. The molecule has 0 aliphatic carbocycles. The molecular formula is C19H19N5O4. The number of anilines is 1. The van der Waals surface area contributed by atoms with Crippen LogP contribution in [0.5, 0.6) is 17.2 Å². The van der Waals surface area contributed by atoms with Gasteiger partial charge in [0.2, 0.25) is 6.79 Å².